The summed E-state index contributed by atoms with van der Waals surface area (Å²) in [6.07, 6.45) is 0. The van der Waals surface area contributed by atoms with E-state index in [1.807, 2.05) is 72.8 Å². The molecule has 4 aliphatic heterocycles. The van der Waals surface area contributed by atoms with E-state index in [4.69, 9.17) is 73.5 Å². The quantitative estimate of drug-likeness (QED) is 0.172. The fourth-order valence-electron chi connectivity index (χ4n) is 6.29. The van der Waals surface area contributed by atoms with E-state index in [-0.39, 0.29) is 31.1 Å². The zero-order valence-corrected chi connectivity index (χ0v) is 28.2. The summed E-state index contributed by atoms with van der Waals surface area (Å²) in [6, 6.07) is 36.4. The van der Waals surface area contributed by atoms with Crippen LogP contribution in [0.1, 0.15) is 11.1 Å². The molecule has 46 heavy (non-hydrogen) atoms. The Kier molecular flexibility index (Phi) is 5.90. The zero-order valence-electron chi connectivity index (χ0n) is 23.4. The van der Waals surface area contributed by atoms with E-state index in [2.05, 4.69) is 0 Å². The molecule has 6 nitrogen and oxygen atoms in total. The average molecular weight is 728 g/mol. The van der Waals surface area contributed by atoms with Crippen molar-refractivity contribution in [1.29, 1.82) is 0 Å². The van der Waals surface area contributed by atoms with Crippen LogP contribution in [0.5, 0.6) is 34.5 Å². The van der Waals surface area contributed by atoms with Crippen molar-refractivity contribution in [3.8, 4) is 34.5 Å². The molecule has 230 valence electrons. The normalized spacial score (nSPS) is 21.2. The number of para-hydroxylation sites is 6. The second-order valence-corrected chi connectivity index (χ2v) is 19.4. The molecule has 0 N–H and O–H groups in total. The van der Waals surface area contributed by atoms with Crippen molar-refractivity contribution < 1.29 is 27.1 Å². The van der Waals surface area contributed by atoms with Crippen LogP contribution in [0.15, 0.2) is 131 Å². The molecule has 5 aromatic rings. The van der Waals surface area contributed by atoms with Gasteiger partial charge in [0.1, 0.15) is 0 Å². The molecule has 5 aromatic carbocycles. The van der Waals surface area contributed by atoms with Crippen LogP contribution in [0.3, 0.4) is 0 Å². The average Bonchev–Trinajstić information content (AvgIpc) is 3.73. The van der Waals surface area contributed by atoms with E-state index >= 15 is 0 Å². The van der Waals surface area contributed by atoms with Gasteiger partial charge >= 0.3 is 285 Å². The Morgan fingerprint density at radius 2 is 0.696 bits per heavy atom. The first-order chi connectivity index (χ1) is 22.3. The summed E-state index contributed by atoms with van der Waals surface area (Å²) < 4.78 is 41.5. The van der Waals surface area contributed by atoms with Crippen LogP contribution < -0.4 is 37.8 Å². The monoisotopic (exact) mass is 726 g/mol. The van der Waals surface area contributed by atoms with Crippen molar-refractivity contribution in [2.45, 2.75) is 0 Å². The predicted molar refractivity (Wildman–Crippen MR) is 186 cm³/mol. The fourth-order valence-corrected chi connectivity index (χ4v) is 16.6. The molecule has 9 rings (SSSR count). The second kappa shape index (κ2) is 9.49. The molecule has 12 heteroatoms. The molecule has 0 atom stereocenters. The maximum absolute atomic E-state index is 7.20. The third-order valence-electron chi connectivity index (χ3n) is 8.28. The van der Waals surface area contributed by atoms with Gasteiger partial charge in [0, 0.05) is 0 Å². The van der Waals surface area contributed by atoms with Gasteiger partial charge in [-0.2, -0.15) is 0 Å². The maximum atomic E-state index is 7.20. The summed E-state index contributed by atoms with van der Waals surface area (Å²) >= 11 is 28.2. The van der Waals surface area contributed by atoms with E-state index in [1.54, 1.807) is 48.5 Å². The molecule has 4 aliphatic rings. The SMILES string of the molecule is ClC1=C(Cl)P2(Oc3ccccc3OP34(Oc5ccccc5O3)C(Cl)=C(Cl)c3ccccc34)(Oc3ccccc3O2)c2ccccc21. The van der Waals surface area contributed by atoms with Crippen LogP contribution >= 0.6 is 61.0 Å². The number of halogens is 4. The number of benzene rings is 5. The second-order valence-electron chi connectivity index (χ2n) is 10.9. The molecule has 0 fully saturated rings. The third kappa shape index (κ3) is 3.42. The number of hydrogen-bond acceptors (Lipinski definition) is 6. The summed E-state index contributed by atoms with van der Waals surface area (Å²) in [5.74, 6) is 2.28. The Hall–Kier alpha value is -3.60. The third-order valence-corrected chi connectivity index (χ3v) is 19.1. The molecule has 0 aliphatic carbocycles. The van der Waals surface area contributed by atoms with E-state index in [0.29, 0.717) is 44.7 Å². The molecule has 2 spiro atoms. The first kappa shape index (κ1) is 28.6. The van der Waals surface area contributed by atoms with Gasteiger partial charge in [-0.15, -0.1) is 0 Å². The van der Waals surface area contributed by atoms with Crippen LogP contribution in [0, 0.1) is 0 Å². The Morgan fingerprint density at radius 1 is 0.391 bits per heavy atom. The molecule has 4 heterocycles. The Labute approximate surface area is 283 Å². The van der Waals surface area contributed by atoms with Crippen molar-refractivity contribution in [2.75, 3.05) is 0 Å². The molecule has 0 amide bonds. The van der Waals surface area contributed by atoms with Gasteiger partial charge in [0.25, 0.3) is 0 Å². The van der Waals surface area contributed by atoms with Crippen molar-refractivity contribution in [3.63, 3.8) is 0 Å². The predicted octanol–water partition coefficient (Wildman–Crippen LogP) is 10.9. The fraction of sp³-hybridized carbons (Fsp3) is 0. The summed E-state index contributed by atoms with van der Waals surface area (Å²) in [5, 5.41) is 1.69. The van der Waals surface area contributed by atoms with E-state index < -0.39 is 14.6 Å². The Balaban J connectivity index is 1.26. The Bertz CT molecular complexity index is 2030. The van der Waals surface area contributed by atoms with E-state index in [9.17, 15) is 0 Å². The summed E-state index contributed by atoms with van der Waals surface area (Å²) in [5.41, 5.74) is 1.28. The van der Waals surface area contributed by atoms with Gasteiger partial charge < -0.3 is 0 Å². The molecule has 0 saturated heterocycles. The number of hydrogen-bond donors (Lipinski definition) is 0. The molecule has 0 unspecified atom stereocenters. The van der Waals surface area contributed by atoms with Crippen molar-refractivity contribution >= 4 is 81.6 Å². The summed E-state index contributed by atoms with van der Waals surface area (Å²) in [6.45, 7) is 0. The van der Waals surface area contributed by atoms with Crippen LogP contribution in [-0.2, 0) is 0 Å². The van der Waals surface area contributed by atoms with E-state index in [0.717, 1.165) is 0 Å². The van der Waals surface area contributed by atoms with Crippen molar-refractivity contribution in [2.24, 2.45) is 0 Å². The van der Waals surface area contributed by atoms with Crippen molar-refractivity contribution in [3.05, 3.63) is 142 Å². The number of rotatable bonds is 4. The standard InChI is InChI=1S/C34H20Cl4O6P2/c35-31-21-11-1-9-19-29(21)45(33(31)37,39-23-13-3-4-14-24(23)40-45)43-27-17-7-8-18-28(27)44-46(41-25-15-5-6-16-26(25)42-46)30-20-10-2-12-22(30)32(36)34(46)38/h1-20H. The molecule has 0 bridgehead atoms. The van der Waals surface area contributed by atoms with Gasteiger partial charge in [-0.3, -0.25) is 0 Å². The first-order valence-corrected chi connectivity index (χ1v) is 19.6. The van der Waals surface area contributed by atoms with Gasteiger partial charge in [0.05, 0.1) is 0 Å². The van der Waals surface area contributed by atoms with Crippen LogP contribution in [0.25, 0.3) is 10.1 Å². The Morgan fingerprint density at radius 3 is 1.07 bits per heavy atom. The van der Waals surface area contributed by atoms with E-state index in [1.165, 1.54) is 0 Å². The van der Waals surface area contributed by atoms with Crippen LogP contribution in [-0.4, -0.2) is 0 Å². The van der Waals surface area contributed by atoms with Gasteiger partial charge in [0.2, 0.25) is 0 Å². The summed E-state index contributed by atoms with van der Waals surface area (Å²) in [4.78, 5) is 0. The van der Waals surface area contributed by atoms with Gasteiger partial charge in [0.15, 0.2) is 0 Å². The minimum atomic E-state index is -4.69. The molecular formula is C34H20Cl4O6P2. The van der Waals surface area contributed by atoms with Crippen LogP contribution in [0.2, 0.25) is 0 Å². The summed E-state index contributed by atoms with van der Waals surface area (Å²) in [7, 11) is -9.37. The topological polar surface area (TPSA) is 55.4 Å². The number of fused-ring (bicyclic) bond motifs is 6. The molecular weight excluding hydrogens is 708 g/mol. The molecule has 0 saturated carbocycles. The molecule has 0 aromatic heterocycles. The van der Waals surface area contributed by atoms with Gasteiger partial charge in [-0.05, 0) is 0 Å². The minimum absolute atomic E-state index is 0.109. The molecule has 0 radical (unpaired) electrons. The van der Waals surface area contributed by atoms with Gasteiger partial charge in [-0.1, -0.05) is 0 Å². The van der Waals surface area contributed by atoms with Gasteiger partial charge in [-0.25, -0.2) is 0 Å². The zero-order chi connectivity index (χ0) is 31.4. The van der Waals surface area contributed by atoms with Crippen LogP contribution in [0.4, 0.5) is 0 Å². The van der Waals surface area contributed by atoms with Crippen molar-refractivity contribution in [1.82, 2.24) is 0 Å². The first-order valence-electron chi connectivity index (χ1n) is 14.1.